The second-order valence-corrected chi connectivity index (χ2v) is 13.4. The number of rotatable bonds is 6. The fourth-order valence-electron chi connectivity index (χ4n) is 9.35. The minimum absolute atomic E-state index is 0.00306. The van der Waals surface area contributed by atoms with Crippen LogP contribution in [0.25, 0.3) is 0 Å². The van der Waals surface area contributed by atoms with Gasteiger partial charge in [-0.05, 0) is 110 Å². The van der Waals surface area contributed by atoms with Crippen LogP contribution in [-0.2, 0) is 14.3 Å². The van der Waals surface area contributed by atoms with E-state index in [2.05, 4.69) is 33.8 Å². The van der Waals surface area contributed by atoms with Gasteiger partial charge in [-0.3, -0.25) is 4.79 Å². The van der Waals surface area contributed by atoms with Gasteiger partial charge >= 0.3 is 11.9 Å². The summed E-state index contributed by atoms with van der Waals surface area (Å²) >= 11 is 0. The number of ether oxygens (including phenoxy) is 2. The lowest BCUT2D eigenvalue weighted by Gasteiger charge is -2.62. The van der Waals surface area contributed by atoms with Gasteiger partial charge < -0.3 is 9.47 Å². The second kappa shape index (κ2) is 9.89. The minimum atomic E-state index is -0.183. The summed E-state index contributed by atoms with van der Waals surface area (Å²) in [5.41, 5.74) is 3.04. The predicted octanol–water partition coefficient (Wildman–Crippen LogP) is 7.77. The average molecular weight is 507 g/mol. The zero-order valence-electron chi connectivity index (χ0n) is 23.6. The molecule has 4 aliphatic carbocycles. The summed E-state index contributed by atoms with van der Waals surface area (Å²) in [7, 11) is 1.49. The number of hydrogen-bond donors (Lipinski definition) is 0. The van der Waals surface area contributed by atoms with Crippen LogP contribution in [0.4, 0.5) is 0 Å². The van der Waals surface area contributed by atoms with E-state index in [4.69, 9.17) is 9.47 Å². The third kappa shape index (κ3) is 4.46. The summed E-state index contributed by atoms with van der Waals surface area (Å²) in [4.78, 5) is 24.5. The minimum Gasteiger partial charge on any atom is -0.469 e. The van der Waals surface area contributed by atoms with Gasteiger partial charge in [-0.15, -0.1) is 0 Å². The maximum absolute atomic E-state index is 12.8. The van der Waals surface area contributed by atoms with Crippen molar-refractivity contribution in [2.75, 3.05) is 7.11 Å². The Bertz CT molecular complexity index is 1050. The summed E-state index contributed by atoms with van der Waals surface area (Å²) in [6, 6.07) is 9.41. The zero-order chi connectivity index (χ0) is 26.4. The van der Waals surface area contributed by atoms with Gasteiger partial charge in [0, 0.05) is 6.42 Å². The lowest BCUT2D eigenvalue weighted by atomic mass is 9.43. The first kappa shape index (κ1) is 26.5. The van der Waals surface area contributed by atoms with Gasteiger partial charge in [0.2, 0.25) is 0 Å². The molecule has 0 N–H and O–H groups in total. The Morgan fingerprint density at radius 2 is 1.78 bits per heavy atom. The van der Waals surface area contributed by atoms with Crippen LogP contribution in [-0.4, -0.2) is 25.2 Å². The molecule has 0 bridgehead atoms. The van der Waals surface area contributed by atoms with Crippen molar-refractivity contribution in [3.8, 4) is 0 Å². The summed E-state index contributed by atoms with van der Waals surface area (Å²) in [6.07, 6.45) is 13.3. The first-order chi connectivity index (χ1) is 17.6. The van der Waals surface area contributed by atoms with Gasteiger partial charge in [0.15, 0.2) is 0 Å². The molecule has 8 atom stereocenters. The molecule has 0 saturated heterocycles. The first-order valence-electron chi connectivity index (χ1n) is 14.6. The Morgan fingerprint density at radius 1 is 1.03 bits per heavy atom. The molecule has 4 aliphatic rings. The fraction of sp³-hybridized carbons (Fsp3) is 0.697. The fourth-order valence-corrected chi connectivity index (χ4v) is 9.35. The lowest BCUT2D eigenvalue weighted by molar-refractivity contribution is -0.141. The van der Waals surface area contributed by atoms with Crippen LogP contribution in [0.2, 0.25) is 0 Å². The smallest absolute Gasteiger partial charge is 0.338 e. The monoisotopic (exact) mass is 506 g/mol. The molecule has 5 rings (SSSR count). The Hall–Kier alpha value is -2.10. The third-order valence-electron chi connectivity index (χ3n) is 11.8. The van der Waals surface area contributed by atoms with E-state index in [1.165, 1.54) is 32.8 Å². The number of benzene rings is 1. The number of carbonyl (C=O) groups is 2. The molecule has 37 heavy (non-hydrogen) atoms. The largest absolute Gasteiger partial charge is 0.469 e. The number of carbonyl (C=O) groups excluding carboxylic acids is 2. The highest BCUT2D eigenvalue weighted by Gasteiger charge is 2.61. The van der Waals surface area contributed by atoms with E-state index in [1.54, 1.807) is 5.57 Å². The molecule has 1 aromatic carbocycles. The van der Waals surface area contributed by atoms with Crippen molar-refractivity contribution in [2.45, 2.75) is 98.0 Å². The molecule has 0 amide bonds. The molecule has 0 aliphatic heterocycles. The lowest BCUT2D eigenvalue weighted by Crippen LogP contribution is -2.54. The molecule has 202 valence electrons. The maximum Gasteiger partial charge on any atom is 0.338 e. The van der Waals surface area contributed by atoms with Crippen molar-refractivity contribution >= 4 is 11.9 Å². The summed E-state index contributed by atoms with van der Waals surface area (Å²) in [6.45, 7) is 9.89. The highest BCUT2D eigenvalue weighted by atomic mass is 16.5. The van der Waals surface area contributed by atoms with Crippen LogP contribution < -0.4 is 0 Å². The molecule has 0 aromatic heterocycles. The van der Waals surface area contributed by atoms with Crippen LogP contribution in [0.3, 0.4) is 0 Å². The van der Waals surface area contributed by atoms with Crippen molar-refractivity contribution < 1.29 is 19.1 Å². The molecule has 3 fully saturated rings. The van der Waals surface area contributed by atoms with Crippen LogP contribution in [0.5, 0.6) is 0 Å². The van der Waals surface area contributed by atoms with Crippen LogP contribution in [0, 0.1) is 39.9 Å². The maximum atomic E-state index is 12.8. The highest BCUT2D eigenvalue weighted by Crippen LogP contribution is 2.69. The van der Waals surface area contributed by atoms with Gasteiger partial charge in [-0.1, -0.05) is 57.5 Å². The summed E-state index contributed by atoms with van der Waals surface area (Å²) < 4.78 is 11.0. The van der Waals surface area contributed by atoms with Crippen LogP contribution in [0.15, 0.2) is 42.0 Å². The average Bonchev–Trinajstić information content (AvgIpc) is 3.25. The van der Waals surface area contributed by atoms with E-state index in [0.717, 1.165) is 38.0 Å². The van der Waals surface area contributed by atoms with Crippen LogP contribution >= 0.6 is 0 Å². The molecule has 4 heteroatoms. The van der Waals surface area contributed by atoms with Crippen molar-refractivity contribution in [3.63, 3.8) is 0 Å². The summed E-state index contributed by atoms with van der Waals surface area (Å²) in [5.74, 6) is 2.38. The zero-order valence-corrected chi connectivity index (χ0v) is 23.6. The van der Waals surface area contributed by atoms with Gasteiger partial charge in [-0.25, -0.2) is 4.79 Å². The quantitative estimate of drug-likeness (QED) is 0.292. The topological polar surface area (TPSA) is 52.6 Å². The molecule has 1 aromatic rings. The van der Waals surface area contributed by atoms with E-state index in [-0.39, 0.29) is 28.9 Å². The number of methoxy groups -OCH3 is 1. The molecule has 0 spiro atoms. The van der Waals surface area contributed by atoms with E-state index in [1.807, 2.05) is 30.3 Å². The van der Waals surface area contributed by atoms with E-state index in [0.29, 0.717) is 35.2 Å². The Kier molecular flexibility index (Phi) is 7.09. The summed E-state index contributed by atoms with van der Waals surface area (Å²) in [5, 5.41) is 0. The van der Waals surface area contributed by atoms with E-state index in [9.17, 15) is 9.59 Å². The van der Waals surface area contributed by atoms with Crippen molar-refractivity contribution in [3.05, 3.63) is 47.5 Å². The molecular weight excluding hydrogens is 460 g/mol. The Balaban J connectivity index is 1.31. The van der Waals surface area contributed by atoms with Crippen LogP contribution in [0.1, 0.15) is 102 Å². The molecule has 1 unspecified atom stereocenters. The molecule has 3 saturated carbocycles. The Morgan fingerprint density at radius 3 is 2.51 bits per heavy atom. The number of esters is 2. The first-order valence-corrected chi connectivity index (χ1v) is 14.6. The third-order valence-corrected chi connectivity index (χ3v) is 11.8. The van der Waals surface area contributed by atoms with Gasteiger partial charge in [0.05, 0.1) is 12.7 Å². The number of allylic oxidation sites excluding steroid dienone is 2. The molecule has 0 radical (unpaired) electrons. The van der Waals surface area contributed by atoms with Crippen molar-refractivity contribution in [1.82, 2.24) is 0 Å². The van der Waals surface area contributed by atoms with Crippen molar-refractivity contribution in [1.29, 1.82) is 0 Å². The molecule has 4 nitrogen and oxygen atoms in total. The highest BCUT2D eigenvalue weighted by molar-refractivity contribution is 5.89. The Labute approximate surface area is 223 Å². The molecular formula is C33H46O4. The number of hydrogen-bond acceptors (Lipinski definition) is 4. The second-order valence-electron chi connectivity index (χ2n) is 13.4. The van der Waals surface area contributed by atoms with Crippen molar-refractivity contribution in [2.24, 2.45) is 39.9 Å². The standard InChI is InChI=1S/C33H46O4/c1-22(11-14-29(34)36-5)26-12-13-27-25-16-18-31(2)21-24(37-30(35)23-9-7-6-8-10-23)15-20-33(31,4)28(25)17-19-32(26,27)3/h6-10,17,22,24-27H,11-16,18-21H2,1-5H3/t22-,24-,25+,26?,27+,31-,32-,33-/m1/s1. The van der Waals surface area contributed by atoms with E-state index < -0.39 is 0 Å². The molecule has 0 heterocycles. The normalized spacial score (nSPS) is 39.4. The van der Waals surface area contributed by atoms with Gasteiger partial charge in [0.25, 0.3) is 0 Å². The predicted molar refractivity (Wildman–Crippen MR) is 146 cm³/mol. The number of fused-ring (bicyclic) bond motifs is 5. The SMILES string of the molecule is COC(=O)CC[C@@H](C)C1CC[C@H]2[C@@H]3CC[C@]4(C)C[C@H](OC(=O)c5ccccc5)CC[C@]4(C)C3=CC[C@]12C. The van der Waals surface area contributed by atoms with E-state index >= 15 is 0 Å². The van der Waals surface area contributed by atoms with Gasteiger partial charge in [-0.2, -0.15) is 0 Å². The van der Waals surface area contributed by atoms with Gasteiger partial charge in [0.1, 0.15) is 6.10 Å².